The zero-order valence-electron chi connectivity index (χ0n) is 18.2. The molecule has 1 aromatic heterocycles. The predicted molar refractivity (Wildman–Crippen MR) is 120 cm³/mol. The van der Waals surface area contributed by atoms with Crippen LogP contribution in [0.25, 0.3) is 6.08 Å². The van der Waals surface area contributed by atoms with Gasteiger partial charge in [0.15, 0.2) is 11.5 Å². The van der Waals surface area contributed by atoms with Crippen LogP contribution in [0.5, 0.6) is 17.2 Å². The van der Waals surface area contributed by atoms with Crippen molar-refractivity contribution in [3.05, 3.63) is 83.3 Å². The van der Waals surface area contributed by atoms with Crippen LogP contribution in [0.3, 0.4) is 0 Å². The fraction of sp³-hybridized carbons (Fsp3) is 0.160. The van der Waals surface area contributed by atoms with E-state index >= 15 is 0 Å². The number of hydrogen-bond donors (Lipinski definition) is 1. The predicted octanol–water partition coefficient (Wildman–Crippen LogP) is 4.13. The van der Waals surface area contributed by atoms with Crippen molar-refractivity contribution in [3.63, 3.8) is 0 Å². The molecule has 0 unspecified atom stereocenters. The lowest BCUT2D eigenvalue weighted by Gasteiger charge is -2.13. The Hall–Kier alpha value is -4.51. The fourth-order valence-electron chi connectivity index (χ4n) is 2.93. The van der Waals surface area contributed by atoms with Crippen LogP contribution >= 0.6 is 0 Å². The molecule has 8 nitrogen and oxygen atoms in total. The second-order valence-electron chi connectivity index (χ2n) is 6.66. The van der Waals surface area contributed by atoms with Crippen molar-refractivity contribution < 1.29 is 28.2 Å². The lowest BCUT2D eigenvalue weighted by Crippen LogP contribution is -2.23. The van der Waals surface area contributed by atoms with Gasteiger partial charge in [0.2, 0.25) is 0 Å². The monoisotopic (exact) mass is 446 g/mol. The van der Waals surface area contributed by atoms with E-state index in [2.05, 4.69) is 5.32 Å². The van der Waals surface area contributed by atoms with Crippen LogP contribution in [0.4, 0.5) is 0 Å². The Bertz CT molecular complexity index is 1190. The van der Waals surface area contributed by atoms with Crippen LogP contribution in [0.2, 0.25) is 0 Å². The zero-order valence-corrected chi connectivity index (χ0v) is 18.2. The van der Waals surface area contributed by atoms with E-state index in [1.165, 1.54) is 19.4 Å². The molecule has 0 fully saturated rings. The smallest absolute Gasteiger partial charge is 0.347 e. The molecule has 2 aromatic carbocycles. The molecular weight excluding hydrogens is 424 g/mol. The normalized spacial score (nSPS) is 10.8. The molecule has 0 spiro atoms. The third kappa shape index (κ3) is 6.02. The molecule has 0 aliphatic carbocycles. The van der Waals surface area contributed by atoms with Crippen LogP contribution in [-0.4, -0.2) is 25.6 Å². The van der Waals surface area contributed by atoms with Crippen LogP contribution in [0.15, 0.2) is 70.9 Å². The maximum absolute atomic E-state index is 12.6. The van der Waals surface area contributed by atoms with E-state index in [1.54, 1.807) is 61.5 Å². The number of rotatable bonds is 9. The summed E-state index contributed by atoms with van der Waals surface area (Å²) in [6, 6.07) is 16.8. The number of para-hydroxylation sites is 1. The van der Waals surface area contributed by atoms with Crippen LogP contribution in [-0.2, 0) is 11.3 Å². The summed E-state index contributed by atoms with van der Waals surface area (Å²) >= 11 is 0. The number of hydrogen-bond acceptors (Lipinski definition) is 7. The second kappa shape index (κ2) is 11.2. The number of benzene rings is 2. The number of amides is 1. The van der Waals surface area contributed by atoms with Gasteiger partial charge in [0.05, 0.1) is 26.5 Å². The number of nitrogens with zero attached hydrogens (tertiary/aromatic N) is 1. The van der Waals surface area contributed by atoms with E-state index in [0.717, 1.165) is 0 Å². The first-order valence-corrected chi connectivity index (χ1v) is 10.1. The zero-order chi connectivity index (χ0) is 23.6. The molecule has 1 amide bonds. The van der Waals surface area contributed by atoms with Gasteiger partial charge in [0.1, 0.15) is 28.7 Å². The number of carbonyl (C=O) groups is 2. The summed E-state index contributed by atoms with van der Waals surface area (Å²) in [5.74, 6) is 0.304. The molecule has 0 aliphatic rings. The highest BCUT2D eigenvalue weighted by Crippen LogP contribution is 2.31. The highest BCUT2D eigenvalue weighted by molar-refractivity contribution is 6.01. The number of furan rings is 1. The molecule has 168 valence electrons. The van der Waals surface area contributed by atoms with Crippen LogP contribution < -0.4 is 19.5 Å². The van der Waals surface area contributed by atoms with Crippen LogP contribution in [0, 0.1) is 11.3 Å². The van der Waals surface area contributed by atoms with Crippen molar-refractivity contribution in [1.82, 2.24) is 5.32 Å². The maximum Gasteiger partial charge on any atom is 0.347 e. The third-order valence-electron chi connectivity index (χ3n) is 4.48. The van der Waals surface area contributed by atoms with Gasteiger partial charge < -0.3 is 23.9 Å². The summed E-state index contributed by atoms with van der Waals surface area (Å²) in [6.07, 6.45) is 2.92. The van der Waals surface area contributed by atoms with Crippen molar-refractivity contribution in [2.45, 2.75) is 13.5 Å². The Balaban J connectivity index is 1.80. The minimum absolute atomic E-state index is 0.0947. The number of nitriles is 1. The van der Waals surface area contributed by atoms with E-state index in [4.69, 9.17) is 18.6 Å². The highest BCUT2D eigenvalue weighted by atomic mass is 16.6. The fourth-order valence-corrected chi connectivity index (χ4v) is 2.93. The maximum atomic E-state index is 12.6. The molecule has 1 N–H and O–H groups in total. The van der Waals surface area contributed by atoms with Crippen LogP contribution in [0.1, 0.15) is 28.6 Å². The first-order valence-electron chi connectivity index (χ1n) is 10.1. The van der Waals surface area contributed by atoms with Gasteiger partial charge in [-0.1, -0.05) is 18.2 Å². The molecule has 0 atom stereocenters. The number of ether oxygens (including phenoxy) is 3. The lowest BCUT2D eigenvalue weighted by atomic mass is 10.1. The molecule has 1 heterocycles. The number of methoxy groups -OCH3 is 1. The first kappa shape index (κ1) is 23.2. The van der Waals surface area contributed by atoms with E-state index in [1.807, 2.05) is 6.07 Å². The molecule has 8 heteroatoms. The van der Waals surface area contributed by atoms with E-state index in [0.29, 0.717) is 29.4 Å². The molecule has 0 saturated carbocycles. The molecule has 0 bridgehead atoms. The van der Waals surface area contributed by atoms with E-state index < -0.39 is 11.9 Å². The lowest BCUT2D eigenvalue weighted by molar-refractivity contribution is -0.117. The first-order chi connectivity index (χ1) is 16.0. The van der Waals surface area contributed by atoms with Crippen molar-refractivity contribution in [2.24, 2.45) is 0 Å². The molecule has 33 heavy (non-hydrogen) atoms. The van der Waals surface area contributed by atoms with Gasteiger partial charge in [0.25, 0.3) is 5.91 Å². The van der Waals surface area contributed by atoms with Gasteiger partial charge >= 0.3 is 5.97 Å². The molecule has 0 aliphatic heterocycles. The van der Waals surface area contributed by atoms with Crippen molar-refractivity contribution in [3.8, 4) is 23.3 Å². The third-order valence-corrected chi connectivity index (χ3v) is 4.48. The molecule has 3 rings (SSSR count). The average molecular weight is 446 g/mol. The van der Waals surface area contributed by atoms with Gasteiger partial charge in [-0.3, -0.25) is 4.79 Å². The SMILES string of the molecule is CCOc1cc(C=C(C#N)C(=O)NCc2ccco2)ccc1OC(=O)c1ccccc1OC. The quantitative estimate of drug-likeness (QED) is 0.228. The Labute approximate surface area is 191 Å². The van der Waals surface area contributed by atoms with E-state index in [-0.39, 0.29) is 23.4 Å². The molecule has 0 saturated heterocycles. The second-order valence-corrected chi connectivity index (χ2v) is 6.66. The summed E-state index contributed by atoms with van der Waals surface area (Å²) in [6.45, 7) is 2.27. The Morgan fingerprint density at radius 1 is 1.09 bits per heavy atom. The van der Waals surface area contributed by atoms with Crippen molar-refractivity contribution >= 4 is 18.0 Å². The standard InChI is InChI=1S/C25H22N2O6/c1-3-31-23-14-17(13-18(15-26)24(28)27-16-19-7-6-12-32-19)10-11-22(23)33-25(29)20-8-4-5-9-21(20)30-2/h4-14H,3,16H2,1-2H3,(H,27,28). The number of carbonyl (C=O) groups excluding carboxylic acids is 2. The summed E-state index contributed by atoms with van der Waals surface area (Å²) in [7, 11) is 1.47. The number of nitrogens with one attached hydrogen (secondary N) is 1. The summed E-state index contributed by atoms with van der Waals surface area (Å²) in [5, 5.41) is 12.0. The van der Waals surface area contributed by atoms with Gasteiger partial charge in [-0.15, -0.1) is 0 Å². The molecule has 0 radical (unpaired) electrons. The van der Waals surface area contributed by atoms with E-state index in [9.17, 15) is 14.9 Å². The van der Waals surface area contributed by atoms with Gasteiger partial charge in [-0.2, -0.15) is 5.26 Å². The molecular formula is C25H22N2O6. The minimum Gasteiger partial charge on any atom is -0.496 e. The Kier molecular flexibility index (Phi) is 7.86. The van der Waals surface area contributed by atoms with Crippen molar-refractivity contribution in [2.75, 3.05) is 13.7 Å². The van der Waals surface area contributed by atoms with Gasteiger partial charge in [0, 0.05) is 0 Å². The summed E-state index contributed by atoms with van der Waals surface area (Å²) < 4.78 is 21.5. The largest absolute Gasteiger partial charge is 0.496 e. The average Bonchev–Trinajstić information content (AvgIpc) is 3.36. The minimum atomic E-state index is -0.605. The Morgan fingerprint density at radius 3 is 2.61 bits per heavy atom. The topological polar surface area (TPSA) is 111 Å². The van der Waals surface area contributed by atoms with Crippen molar-refractivity contribution in [1.29, 1.82) is 5.26 Å². The summed E-state index contributed by atoms with van der Waals surface area (Å²) in [5.41, 5.74) is 0.703. The highest BCUT2D eigenvalue weighted by Gasteiger charge is 2.17. The Morgan fingerprint density at radius 2 is 1.91 bits per heavy atom. The van der Waals surface area contributed by atoms with Gasteiger partial charge in [-0.05, 0) is 55.0 Å². The summed E-state index contributed by atoms with van der Waals surface area (Å²) in [4.78, 5) is 25.0. The van der Waals surface area contributed by atoms with Gasteiger partial charge in [-0.25, -0.2) is 4.79 Å². The number of esters is 1. The molecule has 3 aromatic rings.